The van der Waals surface area contributed by atoms with Crippen molar-refractivity contribution < 1.29 is 14.6 Å². The molecule has 0 aliphatic heterocycles. The van der Waals surface area contributed by atoms with Gasteiger partial charge in [-0.3, -0.25) is 14.5 Å². The lowest BCUT2D eigenvalue weighted by atomic mass is 9.97. The predicted octanol–water partition coefficient (Wildman–Crippen LogP) is 5.12. The van der Waals surface area contributed by atoms with E-state index in [-0.39, 0.29) is 22.7 Å². The molecule has 41 heavy (non-hydrogen) atoms. The molecular formula is C32H37N3O4S2. The number of H-pyrrole nitrogens is 1. The number of rotatable bonds is 12. The molecule has 2 bridgehead atoms. The summed E-state index contributed by atoms with van der Waals surface area (Å²) in [6.45, 7) is 2.57. The first-order chi connectivity index (χ1) is 19.9. The van der Waals surface area contributed by atoms with Crippen molar-refractivity contribution in [3.05, 3.63) is 85.1 Å². The molecular weight excluding hydrogens is 555 g/mol. The molecule has 6 rings (SSSR count). The number of aromatic amines is 1. The first-order valence-corrected chi connectivity index (χ1v) is 16.2. The fraction of sp³-hybridized carbons (Fsp3) is 0.438. The fourth-order valence-corrected chi connectivity index (χ4v) is 8.54. The monoisotopic (exact) mass is 591 g/mol. The number of thiophene rings is 1. The van der Waals surface area contributed by atoms with Gasteiger partial charge in [-0.2, -0.15) is 0 Å². The van der Waals surface area contributed by atoms with Gasteiger partial charge in [0.1, 0.15) is 17.4 Å². The first kappa shape index (κ1) is 28.2. The minimum absolute atomic E-state index is 0.0454. The van der Waals surface area contributed by atoms with Crippen LogP contribution < -0.4 is 10.2 Å². The van der Waals surface area contributed by atoms with Crippen LogP contribution in [0.25, 0.3) is 10.2 Å². The number of aromatic nitrogens is 1. The van der Waals surface area contributed by atoms with Crippen molar-refractivity contribution in [2.24, 2.45) is 11.8 Å². The number of aromatic hydroxyl groups is 1. The second-order valence-electron chi connectivity index (χ2n) is 11.5. The molecule has 2 aromatic heterocycles. The van der Waals surface area contributed by atoms with Gasteiger partial charge in [0, 0.05) is 23.4 Å². The largest absolute Gasteiger partial charge is 0.506 e. The molecule has 2 aliphatic rings. The highest BCUT2D eigenvalue weighted by Gasteiger charge is 2.51. The summed E-state index contributed by atoms with van der Waals surface area (Å²) in [5.74, 6) is 1.05. The molecule has 216 valence electrons. The average molecular weight is 592 g/mol. The third-order valence-corrected chi connectivity index (χ3v) is 10.6. The van der Waals surface area contributed by atoms with Crippen molar-refractivity contribution in [3.63, 3.8) is 0 Å². The number of phenolic OH excluding ortho intramolecular Hbond substituents is 1. The number of nitrogens with one attached hydrogen (secondary N) is 2. The predicted molar refractivity (Wildman–Crippen MR) is 165 cm³/mol. The first-order valence-electron chi connectivity index (χ1n) is 14.5. The highest BCUT2D eigenvalue weighted by atomic mass is 32.1. The zero-order valence-electron chi connectivity index (χ0n) is 23.3. The Morgan fingerprint density at radius 1 is 1.12 bits per heavy atom. The normalized spacial score (nSPS) is 21.7. The van der Waals surface area contributed by atoms with Gasteiger partial charge in [-0.15, -0.1) is 11.3 Å². The second-order valence-corrected chi connectivity index (χ2v) is 13.5. The Morgan fingerprint density at radius 2 is 1.98 bits per heavy atom. The number of carbonyl (C=O) groups excluding carboxylic acids is 1. The molecule has 7 nitrogen and oxygen atoms in total. The van der Waals surface area contributed by atoms with E-state index in [2.05, 4.69) is 46.5 Å². The summed E-state index contributed by atoms with van der Waals surface area (Å²) in [5, 5.41) is 15.5. The Hall–Kier alpha value is -2.98. The van der Waals surface area contributed by atoms with Crippen LogP contribution in [-0.4, -0.2) is 53.2 Å². The molecule has 4 unspecified atom stereocenters. The number of phenols is 1. The van der Waals surface area contributed by atoms with Gasteiger partial charge < -0.3 is 20.1 Å². The summed E-state index contributed by atoms with van der Waals surface area (Å²) in [6.07, 6.45) is 5.51. The van der Waals surface area contributed by atoms with Crippen molar-refractivity contribution in [1.29, 1.82) is 0 Å². The van der Waals surface area contributed by atoms with Crippen molar-refractivity contribution in [1.82, 2.24) is 15.2 Å². The zero-order chi connectivity index (χ0) is 28.3. The van der Waals surface area contributed by atoms with E-state index in [4.69, 9.17) is 4.74 Å². The van der Waals surface area contributed by atoms with Crippen molar-refractivity contribution in [3.8, 4) is 5.75 Å². The van der Waals surface area contributed by atoms with Crippen LogP contribution in [0.4, 0.5) is 0 Å². The van der Waals surface area contributed by atoms with Gasteiger partial charge in [-0.05, 0) is 92.4 Å². The maximum Gasteiger partial charge on any atom is 0.311 e. The van der Waals surface area contributed by atoms with Gasteiger partial charge in [0.25, 0.3) is 0 Å². The summed E-state index contributed by atoms with van der Waals surface area (Å²) in [7, 11) is 2.22. The van der Waals surface area contributed by atoms with Crippen LogP contribution in [0.1, 0.15) is 40.8 Å². The summed E-state index contributed by atoms with van der Waals surface area (Å²) < 4.78 is 6.84. The lowest BCUT2D eigenvalue weighted by molar-refractivity contribution is -0.150. The third-order valence-electron chi connectivity index (χ3n) is 8.72. The number of benzene rings is 2. The van der Waals surface area contributed by atoms with E-state index in [0.29, 0.717) is 29.8 Å². The highest BCUT2D eigenvalue weighted by molar-refractivity contribution is 7.16. The molecule has 2 aliphatic carbocycles. The van der Waals surface area contributed by atoms with Gasteiger partial charge >= 0.3 is 10.8 Å². The van der Waals surface area contributed by atoms with Crippen LogP contribution in [0.2, 0.25) is 0 Å². The lowest BCUT2D eigenvalue weighted by Gasteiger charge is -2.29. The van der Waals surface area contributed by atoms with Crippen LogP contribution in [0.3, 0.4) is 0 Å². The Morgan fingerprint density at radius 3 is 2.83 bits per heavy atom. The van der Waals surface area contributed by atoms with E-state index in [1.54, 1.807) is 17.4 Å². The number of thiazole rings is 1. The SMILES string of the molecule is CN(Cc1cccc(CCNCCc2ccc(O)c3[nH]c(=O)sc23)c1)C1C2CCC1C(OC(=O)Cc1cccs1)C2. The van der Waals surface area contributed by atoms with E-state index in [9.17, 15) is 14.7 Å². The van der Waals surface area contributed by atoms with Gasteiger partial charge in [0.15, 0.2) is 0 Å². The molecule has 4 aromatic rings. The van der Waals surface area contributed by atoms with E-state index in [0.717, 1.165) is 71.8 Å². The average Bonchev–Trinajstić information content (AvgIpc) is 3.74. The Balaban J connectivity index is 0.974. The summed E-state index contributed by atoms with van der Waals surface area (Å²) in [4.78, 5) is 30.4. The quantitative estimate of drug-likeness (QED) is 0.157. The number of carbonyl (C=O) groups is 1. The molecule has 2 saturated carbocycles. The molecule has 2 heterocycles. The summed E-state index contributed by atoms with van der Waals surface area (Å²) in [6, 6.07) is 16.9. The summed E-state index contributed by atoms with van der Waals surface area (Å²) >= 11 is 2.76. The number of nitrogens with zero attached hydrogens (tertiary/aromatic N) is 1. The number of esters is 1. The molecule has 0 saturated heterocycles. The Labute approximate surface area is 248 Å². The second kappa shape index (κ2) is 12.5. The highest BCUT2D eigenvalue weighted by Crippen LogP contribution is 2.48. The molecule has 0 spiro atoms. The van der Waals surface area contributed by atoms with E-state index in [1.807, 2.05) is 23.6 Å². The molecule has 3 N–H and O–H groups in total. The lowest BCUT2D eigenvalue weighted by Crippen LogP contribution is -2.37. The number of hydrogen-bond donors (Lipinski definition) is 3. The summed E-state index contributed by atoms with van der Waals surface area (Å²) in [5.41, 5.74) is 4.24. The maximum atomic E-state index is 12.6. The van der Waals surface area contributed by atoms with Crippen LogP contribution in [0, 0.1) is 11.8 Å². The molecule has 9 heteroatoms. The number of hydrogen-bond acceptors (Lipinski definition) is 8. The number of ether oxygens (including phenoxy) is 1. The van der Waals surface area contributed by atoms with E-state index >= 15 is 0 Å². The molecule has 0 radical (unpaired) electrons. The Kier molecular flexibility index (Phi) is 8.57. The van der Waals surface area contributed by atoms with Crippen molar-refractivity contribution in [2.75, 3.05) is 20.1 Å². The van der Waals surface area contributed by atoms with Crippen molar-refractivity contribution >= 4 is 38.9 Å². The number of fused-ring (bicyclic) bond motifs is 3. The van der Waals surface area contributed by atoms with Gasteiger partial charge in [0.2, 0.25) is 0 Å². The van der Waals surface area contributed by atoms with Crippen LogP contribution in [0.15, 0.2) is 58.7 Å². The minimum atomic E-state index is -0.144. The van der Waals surface area contributed by atoms with Gasteiger partial charge in [-0.1, -0.05) is 47.7 Å². The van der Waals surface area contributed by atoms with Gasteiger partial charge in [-0.25, -0.2) is 0 Å². The minimum Gasteiger partial charge on any atom is -0.506 e. The standard InChI is InChI=1S/C32H37N3O4S2/c1-35(30-23-7-9-25(30)27(17-23)39-28(37)18-24-6-3-15-40-24)19-21-5-2-4-20(16-21)11-13-33-14-12-22-8-10-26(36)29-31(22)41-32(38)34-29/h2-6,8,10,15-16,23,25,27,30,33,36H,7,9,11-14,17-19H2,1H3,(H,34,38). The molecule has 2 fully saturated rings. The van der Waals surface area contributed by atoms with E-state index < -0.39 is 0 Å². The van der Waals surface area contributed by atoms with Gasteiger partial charge in [0.05, 0.1) is 11.1 Å². The fourth-order valence-electron chi connectivity index (χ4n) is 6.95. The van der Waals surface area contributed by atoms with Crippen LogP contribution in [-0.2, 0) is 35.3 Å². The van der Waals surface area contributed by atoms with Crippen LogP contribution >= 0.6 is 22.7 Å². The Bertz CT molecular complexity index is 1550. The van der Waals surface area contributed by atoms with Crippen LogP contribution in [0.5, 0.6) is 5.75 Å². The molecule has 4 atom stereocenters. The smallest absolute Gasteiger partial charge is 0.311 e. The third kappa shape index (κ3) is 6.43. The maximum absolute atomic E-state index is 12.6. The topological polar surface area (TPSA) is 94.7 Å². The molecule has 0 amide bonds. The zero-order valence-corrected chi connectivity index (χ0v) is 24.9. The van der Waals surface area contributed by atoms with E-state index in [1.165, 1.54) is 17.5 Å². The van der Waals surface area contributed by atoms with Crippen molar-refractivity contribution in [2.45, 2.75) is 57.2 Å². The molecule has 2 aromatic carbocycles.